The average molecular weight is 357 g/mol. The Balaban J connectivity index is 1.85. The van der Waals surface area contributed by atoms with Crippen molar-refractivity contribution < 1.29 is 8.81 Å². The molecule has 25 heavy (non-hydrogen) atoms. The van der Waals surface area contributed by atoms with Gasteiger partial charge in [-0.1, -0.05) is 32.9 Å². The van der Waals surface area contributed by atoms with E-state index in [2.05, 4.69) is 25.8 Å². The number of benzene rings is 1. The SMILES string of the molecule is CC(C)(C)C1CCc2c(sc3nc(-c4ccccc4F)oc(=O)c23)C1. The van der Waals surface area contributed by atoms with Gasteiger partial charge in [-0.2, -0.15) is 0 Å². The Bertz CT molecular complexity index is 1010. The van der Waals surface area contributed by atoms with Crippen molar-refractivity contribution in [2.24, 2.45) is 11.3 Å². The number of fused-ring (bicyclic) bond motifs is 3. The Hall–Kier alpha value is -2.01. The van der Waals surface area contributed by atoms with Gasteiger partial charge in [0.2, 0.25) is 5.89 Å². The van der Waals surface area contributed by atoms with Crippen LogP contribution >= 0.6 is 11.3 Å². The highest BCUT2D eigenvalue weighted by Gasteiger charge is 2.32. The minimum Gasteiger partial charge on any atom is -0.403 e. The van der Waals surface area contributed by atoms with Crippen molar-refractivity contribution in [2.45, 2.75) is 40.0 Å². The zero-order chi connectivity index (χ0) is 17.8. The summed E-state index contributed by atoms with van der Waals surface area (Å²) >= 11 is 1.55. The second-order valence-electron chi connectivity index (χ2n) is 7.78. The van der Waals surface area contributed by atoms with Crippen LogP contribution in [0.2, 0.25) is 0 Å². The fraction of sp³-hybridized carbons (Fsp3) is 0.400. The molecule has 1 unspecified atom stereocenters. The van der Waals surface area contributed by atoms with E-state index in [9.17, 15) is 9.18 Å². The van der Waals surface area contributed by atoms with Crippen molar-refractivity contribution in [3.8, 4) is 11.5 Å². The van der Waals surface area contributed by atoms with Crippen molar-refractivity contribution >= 4 is 21.6 Å². The first-order valence-electron chi connectivity index (χ1n) is 8.55. The van der Waals surface area contributed by atoms with Gasteiger partial charge in [-0.05, 0) is 48.3 Å². The van der Waals surface area contributed by atoms with Crippen LogP contribution in [0, 0.1) is 17.2 Å². The first-order chi connectivity index (χ1) is 11.8. The van der Waals surface area contributed by atoms with Gasteiger partial charge in [0.25, 0.3) is 0 Å². The van der Waals surface area contributed by atoms with Crippen molar-refractivity contribution in [1.82, 2.24) is 4.98 Å². The molecule has 5 heteroatoms. The zero-order valence-electron chi connectivity index (χ0n) is 14.6. The third-order valence-corrected chi connectivity index (χ3v) is 6.32. The number of thiophene rings is 1. The smallest absolute Gasteiger partial charge is 0.348 e. The molecule has 1 aliphatic carbocycles. The van der Waals surface area contributed by atoms with Gasteiger partial charge in [0, 0.05) is 4.88 Å². The van der Waals surface area contributed by atoms with E-state index < -0.39 is 11.4 Å². The maximum Gasteiger partial charge on any atom is 0.348 e. The van der Waals surface area contributed by atoms with Gasteiger partial charge < -0.3 is 4.42 Å². The van der Waals surface area contributed by atoms with Gasteiger partial charge in [-0.15, -0.1) is 11.3 Å². The highest BCUT2D eigenvalue weighted by molar-refractivity contribution is 7.18. The number of aryl methyl sites for hydroxylation is 1. The highest BCUT2D eigenvalue weighted by Crippen LogP contribution is 2.42. The van der Waals surface area contributed by atoms with E-state index in [0.717, 1.165) is 24.8 Å². The van der Waals surface area contributed by atoms with Gasteiger partial charge in [0.1, 0.15) is 16.0 Å². The van der Waals surface area contributed by atoms with Crippen molar-refractivity contribution in [1.29, 1.82) is 0 Å². The van der Waals surface area contributed by atoms with E-state index in [1.165, 1.54) is 10.9 Å². The second kappa shape index (κ2) is 5.77. The molecular formula is C20H20FNO2S. The van der Waals surface area contributed by atoms with Crippen LogP contribution in [0.3, 0.4) is 0 Å². The minimum absolute atomic E-state index is 0.0570. The quantitative estimate of drug-likeness (QED) is 0.601. The predicted molar refractivity (Wildman–Crippen MR) is 98.5 cm³/mol. The van der Waals surface area contributed by atoms with Crippen LogP contribution in [-0.2, 0) is 12.8 Å². The maximum atomic E-state index is 14.0. The maximum absolute atomic E-state index is 14.0. The molecule has 0 radical (unpaired) electrons. The second-order valence-corrected chi connectivity index (χ2v) is 8.86. The Morgan fingerprint density at radius 1 is 1.28 bits per heavy atom. The van der Waals surface area contributed by atoms with Gasteiger partial charge >= 0.3 is 5.63 Å². The lowest BCUT2D eigenvalue weighted by molar-refractivity contribution is 0.218. The third kappa shape index (κ3) is 2.80. The van der Waals surface area contributed by atoms with Gasteiger partial charge in [-0.3, -0.25) is 0 Å². The summed E-state index contributed by atoms with van der Waals surface area (Å²) in [6.07, 6.45) is 2.91. The highest BCUT2D eigenvalue weighted by atomic mass is 32.1. The fourth-order valence-corrected chi connectivity index (χ4v) is 4.89. The largest absolute Gasteiger partial charge is 0.403 e. The standard InChI is InChI=1S/C20H20FNO2S/c1-20(2,3)11-8-9-13-15(10-11)25-18-16(13)19(23)24-17(22-18)12-6-4-5-7-14(12)21/h4-7,11H,8-10H2,1-3H3. The first-order valence-corrected chi connectivity index (χ1v) is 9.36. The molecule has 0 bridgehead atoms. The molecule has 0 saturated carbocycles. The number of hydrogen-bond donors (Lipinski definition) is 0. The van der Waals surface area contributed by atoms with Crippen LogP contribution in [0.4, 0.5) is 4.39 Å². The Morgan fingerprint density at radius 2 is 2.04 bits per heavy atom. The molecule has 1 aromatic carbocycles. The lowest BCUT2D eigenvalue weighted by Crippen LogP contribution is -2.26. The van der Waals surface area contributed by atoms with E-state index in [1.807, 2.05) is 0 Å². The molecule has 130 valence electrons. The molecule has 0 N–H and O–H groups in total. The summed E-state index contributed by atoms with van der Waals surface area (Å²) in [6, 6.07) is 6.23. The van der Waals surface area contributed by atoms with E-state index in [1.54, 1.807) is 29.5 Å². The summed E-state index contributed by atoms with van der Waals surface area (Å²) in [5, 5.41) is 0.590. The van der Waals surface area contributed by atoms with Crippen molar-refractivity contribution in [2.75, 3.05) is 0 Å². The summed E-state index contributed by atoms with van der Waals surface area (Å²) in [7, 11) is 0. The van der Waals surface area contributed by atoms with Gasteiger partial charge in [-0.25, -0.2) is 14.2 Å². The van der Waals surface area contributed by atoms with Crippen molar-refractivity contribution in [3.63, 3.8) is 0 Å². The zero-order valence-corrected chi connectivity index (χ0v) is 15.4. The lowest BCUT2D eigenvalue weighted by Gasteiger charge is -2.33. The molecule has 3 nitrogen and oxygen atoms in total. The minimum atomic E-state index is -0.438. The Morgan fingerprint density at radius 3 is 2.76 bits per heavy atom. The normalized spacial score (nSPS) is 17.7. The summed E-state index contributed by atoms with van der Waals surface area (Å²) in [5.41, 5.74) is 1.14. The molecule has 0 spiro atoms. The summed E-state index contributed by atoms with van der Waals surface area (Å²) in [5.74, 6) is 0.208. The molecule has 1 atom stereocenters. The van der Waals surface area contributed by atoms with Gasteiger partial charge in [0.15, 0.2) is 0 Å². The van der Waals surface area contributed by atoms with Crippen LogP contribution < -0.4 is 5.63 Å². The lowest BCUT2D eigenvalue weighted by atomic mass is 9.72. The van der Waals surface area contributed by atoms with Crippen LogP contribution in [0.1, 0.15) is 37.6 Å². The molecule has 0 aliphatic heterocycles. The summed E-state index contributed by atoms with van der Waals surface area (Å²) in [4.78, 5) is 18.9. The predicted octanol–water partition coefficient (Wildman–Crippen LogP) is 5.21. The molecule has 2 aromatic heterocycles. The topological polar surface area (TPSA) is 43.1 Å². The summed E-state index contributed by atoms with van der Waals surface area (Å²) < 4.78 is 19.4. The van der Waals surface area contributed by atoms with E-state index in [-0.39, 0.29) is 16.9 Å². The van der Waals surface area contributed by atoms with Crippen molar-refractivity contribution in [3.05, 3.63) is 50.9 Å². The van der Waals surface area contributed by atoms with Crippen LogP contribution in [0.15, 0.2) is 33.5 Å². The van der Waals surface area contributed by atoms with Crippen LogP contribution in [-0.4, -0.2) is 4.98 Å². The molecule has 2 heterocycles. The Kier molecular flexibility index (Phi) is 3.80. The van der Waals surface area contributed by atoms with Crippen LogP contribution in [0.25, 0.3) is 21.7 Å². The molecule has 0 saturated heterocycles. The molecule has 1 aliphatic rings. The molecule has 3 aromatic rings. The van der Waals surface area contributed by atoms with Gasteiger partial charge in [0.05, 0.1) is 5.56 Å². The number of hydrogen-bond acceptors (Lipinski definition) is 4. The molecule has 0 fully saturated rings. The van der Waals surface area contributed by atoms with E-state index in [0.29, 0.717) is 16.1 Å². The molecule has 4 rings (SSSR count). The number of nitrogens with zero attached hydrogens (tertiary/aromatic N) is 1. The van der Waals surface area contributed by atoms with E-state index >= 15 is 0 Å². The number of rotatable bonds is 1. The Labute approximate surface area is 149 Å². The average Bonchev–Trinajstić information content (AvgIpc) is 2.92. The fourth-order valence-electron chi connectivity index (χ4n) is 3.60. The van der Waals surface area contributed by atoms with E-state index in [4.69, 9.17) is 4.42 Å². The third-order valence-electron chi connectivity index (χ3n) is 5.17. The first kappa shape index (κ1) is 16.5. The molecular weight excluding hydrogens is 337 g/mol. The monoisotopic (exact) mass is 357 g/mol. The molecule has 0 amide bonds. The van der Waals surface area contributed by atoms with Crippen LogP contribution in [0.5, 0.6) is 0 Å². The number of halogens is 1. The summed E-state index contributed by atoms with van der Waals surface area (Å²) in [6.45, 7) is 6.79. The number of aromatic nitrogens is 1.